The number of pyridine rings is 1. The quantitative estimate of drug-likeness (QED) is 0.677. The van der Waals surface area contributed by atoms with Gasteiger partial charge in [0.2, 0.25) is 5.88 Å². The molecule has 0 radical (unpaired) electrons. The van der Waals surface area contributed by atoms with E-state index in [1.54, 1.807) is 11.3 Å². The van der Waals surface area contributed by atoms with Crippen LogP contribution in [0.3, 0.4) is 0 Å². The van der Waals surface area contributed by atoms with E-state index in [-0.39, 0.29) is 6.10 Å². The second kappa shape index (κ2) is 6.11. The van der Waals surface area contributed by atoms with Crippen LogP contribution in [0.15, 0.2) is 48.0 Å². The van der Waals surface area contributed by atoms with E-state index in [0.717, 1.165) is 11.4 Å². The van der Waals surface area contributed by atoms with Crippen LogP contribution in [0.4, 0.5) is 0 Å². The molecule has 0 amide bonds. The summed E-state index contributed by atoms with van der Waals surface area (Å²) in [5, 5.41) is 3.44. The highest BCUT2D eigenvalue weighted by Gasteiger charge is 2.41. The Kier molecular flexibility index (Phi) is 3.75. The van der Waals surface area contributed by atoms with Crippen LogP contribution in [-0.2, 0) is 0 Å². The number of nitrogens with zero attached hydrogens (tertiary/aromatic N) is 2. The van der Waals surface area contributed by atoms with E-state index in [4.69, 9.17) is 4.74 Å². The molecule has 2 aromatic heterocycles. The van der Waals surface area contributed by atoms with Gasteiger partial charge in [0, 0.05) is 28.6 Å². The molecule has 3 nitrogen and oxygen atoms in total. The van der Waals surface area contributed by atoms with Crippen molar-refractivity contribution in [2.45, 2.75) is 31.9 Å². The van der Waals surface area contributed by atoms with Crippen molar-refractivity contribution >= 4 is 21.4 Å². The average molecular weight is 350 g/mol. The fraction of sp³-hybridized carbons (Fsp3) is 0.381. The fourth-order valence-corrected chi connectivity index (χ4v) is 5.17. The van der Waals surface area contributed by atoms with Gasteiger partial charge in [-0.1, -0.05) is 12.1 Å². The van der Waals surface area contributed by atoms with Crippen molar-refractivity contribution < 1.29 is 4.74 Å². The number of thiophene rings is 1. The van der Waals surface area contributed by atoms with Gasteiger partial charge in [-0.05, 0) is 73.3 Å². The molecule has 2 atom stereocenters. The number of fused-ring (bicyclic) bond motifs is 4. The summed E-state index contributed by atoms with van der Waals surface area (Å²) in [7, 11) is 0. The second-order valence-electron chi connectivity index (χ2n) is 7.25. The summed E-state index contributed by atoms with van der Waals surface area (Å²) in [6, 6.07) is 13.4. The molecule has 3 fully saturated rings. The molecule has 4 heteroatoms. The highest BCUT2D eigenvalue weighted by atomic mass is 32.1. The molecule has 128 valence electrons. The maximum Gasteiger partial charge on any atom is 0.213 e. The van der Waals surface area contributed by atoms with Crippen molar-refractivity contribution in [1.29, 1.82) is 0 Å². The third-order valence-corrected chi connectivity index (χ3v) is 6.75. The van der Waals surface area contributed by atoms with Crippen molar-refractivity contribution in [2.24, 2.45) is 5.92 Å². The molecule has 0 spiro atoms. The monoisotopic (exact) mass is 350 g/mol. The van der Waals surface area contributed by atoms with Crippen LogP contribution in [0.1, 0.15) is 19.8 Å². The van der Waals surface area contributed by atoms with Gasteiger partial charge in [-0.25, -0.2) is 4.98 Å². The molecule has 6 rings (SSSR count). The van der Waals surface area contributed by atoms with Crippen LogP contribution in [-0.4, -0.2) is 35.1 Å². The number of hydrogen-bond acceptors (Lipinski definition) is 4. The Hall–Kier alpha value is -1.91. The Balaban J connectivity index is 1.36. The summed E-state index contributed by atoms with van der Waals surface area (Å²) in [5.74, 6) is 1.44. The van der Waals surface area contributed by atoms with Crippen molar-refractivity contribution in [1.82, 2.24) is 9.88 Å². The normalized spacial score (nSPS) is 28.4. The Morgan fingerprint density at radius 1 is 1.08 bits per heavy atom. The number of rotatable bonds is 3. The summed E-state index contributed by atoms with van der Waals surface area (Å²) in [4.78, 5) is 7.15. The van der Waals surface area contributed by atoms with Gasteiger partial charge in [-0.15, -0.1) is 11.3 Å². The molecule has 3 aliphatic rings. The number of aromatic nitrogens is 1. The maximum absolute atomic E-state index is 6.30. The summed E-state index contributed by atoms with van der Waals surface area (Å²) in [5.41, 5.74) is 2.36. The Labute approximate surface area is 152 Å². The molecule has 0 unspecified atom stereocenters. The summed E-state index contributed by atoms with van der Waals surface area (Å²) < 4.78 is 7.62. The van der Waals surface area contributed by atoms with Gasteiger partial charge in [-0.2, -0.15) is 0 Å². The third-order valence-electron chi connectivity index (χ3n) is 5.87. The minimum Gasteiger partial charge on any atom is -0.472 e. The van der Waals surface area contributed by atoms with Crippen molar-refractivity contribution in [3.8, 4) is 17.0 Å². The molecule has 5 heterocycles. The lowest BCUT2D eigenvalue weighted by Crippen LogP contribution is -2.58. The van der Waals surface area contributed by atoms with Crippen molar-refractivity contribution in [2.75, 3.05) is 13.1 Å². The lowest BCUT2D eigenvalue weighted by atomic mass is 9.81. The molecule has 25 heavy (non-hydrogen) atoms. The Morgan fingerprint density at radius 2 is 1.92 bits per heavy atom. The number of ether oxygens (including phenoxy) is 1. The lowest BCUT2D eigenvalue weighted by molar-refractivity contribution is -0.0525. The molecule has 2 bridgehead atoms. The predicted molar refractivity (Wildman–Crippen MR) is 103 cm³/mol. The highest BCUT2D eigenvalue weighted by molar-refractivity contribution is 7.17. The van der Waals surface area contributed by atoms with Gasteiger partial charge >= 0.3 is 0 Å². The first-order valence-electron chi connectivity index (χ1n) is 9.12. The fourth-order valence-electron chi connectivity index (χ4n) is 4.35. The third kappa shape index (κ3) is 2.74. The first-order valence-corrected chi connectivity index (χ1v) is 10.0. The van der Waals surface area contributed by atoms with Crippen LogP contribution < -0.4 is 4.74 Å². The van der Waals surface area contributed by atoms with Gasteiger partial charge in [0.25, 0.3) is 0 Å². The van der Waals surface area contributed by atoms with E-state index < -0.39 is 0 Å². The number of hydrogen-bond donors (Lipinski definition) is 0. The van der Waals surface area contributed by atoms with Crippen molar-refractivity contribution in [3.05, 3.63) is 48.0 Å². The largest absolute Gasteiger partial charge is 0.472 e. The van der Waals surface area contributed by atoms with E-state index >= 15 is 0 Å². The number of benzene rings is 1. The van der Waals surface area contributed by atoms with Gasteiger partial charge in [0.1, 0.15) is 6.10 Å². The lowest BCUT2D eigenvalue weighted by Gasteiger charge is -2.49. The first-order chi connectivity index (χ1) is 12.3. The van der Waals surface area contributed by atoms with Crippen molar-refractivity contribution in [3.63, 3.8) is 0 Å². The Morgan fingerprint density at radius 3 is 2.68 bits per heavy atom. The van der Waals surface area contributed by atoms with E-state index in [2.05, 4.69) is 52.5 Å². The molecule has 1 aromatic carbocycles. The Bertz CT molecular complexity index is 878. The molecular weight excluding hydrogens is 328 g/mol. The van der Waals surface area contributed by atoms with Gasteiger partial charge < -0.3 is 4.74 Å². The highest BCUT2D eigenvalue weighted by Crippen LogP contribution is 2.35. The molecule has 3 aliphatic heterocycles. The van der Waals surface area contributed by atoms with Crippen LogP contribution in [0.25, 0.3) is 21.2 Å². The SMILES string of the molecule is C[C@H]1[C@H](Oc2ccc(-c3ccc4ccsc4c3)cn2)C2CCN1CC2. The molecule has 0 N–H and O–H groups in total. The van der Waals surface area contributed by atoms with E-state index in [1.165, 1.54) is 41.6 Å². The first kappa shape index (κ1) is 15.4. The summed E-state index contributed by atoms with van der Waals surface area (Å²) >= 11 is 1.78. The average Bonchev–Trinajstić information content (AvgIpc) is 3.13. The maximum atomic E-state index is 6.30. The molecule has 0 saturated carbocycles. The molecule has 0 aliphatic carbocycles. The van der Waals surface area contributed by atoms with Crippen LogP contribution in [0.5, 0.6) is 5.88 Å². The second-order valence-corrected chi connectivity index (χ2v) is 8.20. The zero-order chi connectivity index (χ0) is 16.8. The zero-order valence-corrected chi connectivity index (χ0v) is 15.2. The topological polar surface area (TPSA) is 25.4 Å². The van der Waals surface area contributed by atoms with Gasteiger partial charge in [0.05, 0.1) is 0 Å². The van der Waals surface area contributed by atoms with E-state index in [9.17, 15) is 0 Å². The summed E-state index contributed by atoms with van der Waals surface area (Å²) in [6.45, 7) is 4.74. The number of piperidine rings is 3. The standard InChI is InChI=1S/C21H22N2OS/c1-14-21(16-6-9-23(14)10-7-16)24-20-5-4-18(13-22-20)17-3-2-15-8-11-25-19(15)12-17/h2-5,8,11-14,16,21H,6-7,9-10H2,1H3/t14-,21-/m0/s1. The molecule has 3 aromatic rings. The van der Waals surface area contributed by atoms with E-state index in [0.29, 0.717) is 12.0 Å². The van der Waals surface area contributed by atoms with E-state index in [1.807, 2.05) is 12.3 Å². The van der Waals surface area contributed by atoms with Crippen LogP contribution >= 0.6 is 11.3 Å². The van der Waals surface area contributed by atoms with Gasteiger partial charge in [0.15, 0.2) is 0 Å². The predicted octanol–water partition coefficient (Wildman–Crippen LogP) is 4.82. The smallest absolute Gasteiger partial charge is 0.213 e. The summed E-state index contributed by atoms with van der Waals surface area (Å²) in [6.07, 6.45) is 4.74. The zero-order valence-electron chi connectivity index (χ0n) is 14.4. The van der Waals surface area contributed by atoms with Crippen LogP contribution in [0.2, 0.25) is 0 Å². The minimum absolute atomic E-state index is 0.281. The molecule has 3 saturated heterocycles. The minimum atomic E-state index is 0.281. The molecular formula is C21H22N2OS. The van der Waals surface area contributed by atoms with Gasteiger partial charge in [-0.3, -0.25) is 4.90 Å². The van der Waals surface area contributed by atoms with Crippen LogP contribution in [0, 0.1) is 5.92 Å².